The molecule has 0 bridgehead atoms. The van der Waals surface area contributed by atoms with E-state index < -0.39 is 0 Å². The standard InChI is InChI=1S/C68H70N2O/c1-5-13-47(14-6-1)51-21-31-59(32-22-51)69(60-33-23-52(24-34-60)48-15-7-2-8-16-48)63-39-29-55-43-65-66-44-56-30-40-64(42-58(56)46-68(66)71-67(65)45-57(55)41-63)70(61-35-25-53(26-36-61)49-17-9-3-10-18-49)62-37-27-54(28-38-62)50-19-11-4-12-20-50/h21-50H,1-20H2. The minimum Gasteiger partial charge on any atom is -0.456 e. The van der Waals surface area contributed by atoms with Crippen molar-refractivity contribution in [2.75, 3.05) is 9.80 Å². The zero-order chi connectivity index (χ0) is 47.1. The summed E-state index contributed by atoms with van der Waals surface area (Å²) in [6.45, 7) is 0. The van der Waals surface area contributed by atoms with Gasteiger partial charge in [0.25, 0.3) is 0 Å². The maximum Gasteiger partial charge on any atom is 0.136 e. The number of benzene rings is 8. The molecule has 0 N–H and O–H groups in total. The van der Waals surface area contributed by atoms with Crippen LogP contribution in [0.5, 0.6) is 0 Å². The van der Waals surface area contributed by atoms with Crippen molar-refractivity contribution in [3.05, 3.63) is 180 Å². The summed E-state index contributed by atoms with van der Waals surface area (Å²) in [6, 6.07) is 61.4. The zero-order valence-corrected chi connectivity index (χ0v) is 41.8. The van der Waals surface area contributed by atoms with Crippen molar-refractivity contribution in [1.29, 1.82) is 0 Å². The van der Waals surface area contributed by atoms with Crippen molar-refractivity contribution in [3.8, 4) is 0 Å². The molecular weight excluding hydrogens is 861 g/mol. The van der Waals surface area contributed by atoms with Crippen LogP contribution in [0, 0.1) is 0 Å². The normalized spacial score (nSPS) is 17.9. The molecule has 0 unspecified atom stereocenters. The number of hydrogen-bond acceptors (Lipinski definition) is 3. The van der Waals surface area contributed by atoms with E-state index >= 15 is 0 Å². The number of furan rings is 1. The molecule has 13 rings (SSSR count). The Kier molecular flexibility index (Phi) is 12.4. The van der Waals surface area contributed by atoms with E-state index in [0.717, 1.165) is 21.9 Å². The molecule has 3 heteroatoms. The van der Waals surface area contributed by atoms with E-state index in [0.29, 0.717) is 23.7 Å². The lowest BCUT2D eigenvalue weighted by Crippen LogP contribution is -2.11. The lowest BCUT2D eigenvalue weighted by molar-refractivity contribution is 0.443. The minimum atomic E-state index is 0.685. The van der Waals surface area contributed by atoms with Crippen molar-refractivity contribution in [1.82, 2.24) is 0 Å². The van der Waals surface area contributed by atoms with Gasteiger partial charge in [0, 0.05) is 44.9 Å². The van der Waals surface area contributed by atoms with Crippen LogP contribution in [0.15, 0.2) is 162 Å². The highest BCUT2D eigenvalue weighted by molar-refractivity contribution is 6.14. The van der Waals surface area contributed by atoms with E-state index in [2.05, 4.69) is 168 Å². The molecular formula is C68H70N2O. The second-order valence-electron chi connectivity index (χ2n) is 22.2. The van der Waals surface area contributed by atoms with Crippen LogP contribution >= 0.6 is 0 Å². The van der Waals surface area contributed by atoms with E-state index in [4.69, 9.17) is 4.42 Å². The van der Waals surface area contributed by atoms with Crippen LogP contribution in [0.3, 0.4) is 0 Å². The van der Waals surface area contributed by atoms with Gasteiger partial charge in [0.2, 0.25) is 0 Å². The number of anilines is 6. The van der Waals surface area contributed by atoms with E-state index in [1.807, 2.05) is 0 Å². The molecule has 4 aliphatic carbocycles. The smallest absolute Gasteiger partial charge is 0.136 e. The summed E-state index contributed by atoms with van der Waals surface area (Å²) in [7, 11) is 0. The first kappa shape index (κ1) is 44.6. The molecule has 0 aliphatic heterocycles. The van der Waals surface area contributed by atoms with Gasteiger partial charge in [-0.3, -0.25) is 0 Å². The molecule has 4 fully saturated rings. The molecule has 4 saturated carbocycles. The number of fused-ring (bicyclic) bond motifs is 5. The lowest BCUT2D eigenvalue weighted by atomic mass is 9.84. The molecule has 3 nitrogen and oxygen atoms in total. The van der Waals surface area contributed by atoms with Crippen molar-refractivity contribution in [2.24, 2.45) is 0 Å². The van der Waals surface area contributed by atoms with Gasteiger partial charge in [-0.2, -0.15) is 0 Å². The summed E-state index contributed by atoms with van der Waals surface area (Å²) in [6.07, 6.45) is 26.8. The second-order valence-corrected chi connectivity index (χ2v) is 22.2. The maximum atomic E-state index is 6.86. The zero-order valence-electron chi connectivity index (χ0n) is 41.8. The quantitative estimate of drug-likeness (QED) is 0.136. The Morgan fingerprint density at radius 3 is 0.803 bits per heavy atom. The molecule has 358 valence electrons. The van der Waals surface area contributed by atoms with Gasteiger partial charge in [0.15, 0.2) is 0 Å². The summed E-state index contributed by atoms with van der Waals surface area (Å²) in [5, 5.41) is 7.14. The van der Waals surface area contributed by atoms with Crippen LogP contribution < -0.4 is 9.80 Å². The van der Waals surface area contributed by atoms with Gasteiger partial charge >= 0.3 is 0 Å². The summed E-state index contributed by atoms with van der Waals surface area (Å²) in [5.41, 5.74) is 15.0. The van der Waals surface area contributed by atoms with E-state index in [1.165, 1.54) is 206 Å². The van der Waals surface area contributed by atoms with Crippen LogP contribution in [0.2, 0.25) is 0 Å². The molecule has 0 amide bonds. The summed E-state index contributed by atoms with van der Waals surface area (Å²) in [5.74, 6) is 2.74. The maximum absolute atomic E-state index is 6.86. The predicted octanol–water partition coefficient (Wildman–Crippen LogP) is 21.0. The van der Waals surface area contributed by atoms with Gasteiger partial charge in [-0.1, -0.05) is 138 Å². The van der Waals surface area contributed by atoms with Crippen molar-refractivity contribution < 1.29 is 4.42 Å². The average molecular weight is 931 g/mol. The molecule has 1 heterocycles. The third-order valence-electron chi connectivity index (χ3n) is 17.8. The largest absolute Gasteiger partial charge is 0.456 e. The first-order chi connectivity index (χ1) is 35.1. The van der Waals surface area contributed by atoms with E-state index in [-0.39, 0.29) is 0 Å². The van der Waals surface area contributed by atoms with Gasteiger partial charge in [-0.15, -0.1) is 0 Å². The summed E-state index contributed by atoms with van der Waals surface area (Å²) < 4.78 is 6.86. The highest BCUT2D eigenvalue weighted by atomic mass is 16.3. The SMILES string of the molecule is c1cc(N(c2ccc(C3CCCCC3)cc2)c2ccc3cc4c(cc3c2)oc2cc3cc(N(c5ccc(C6CCCCC6)cc5)c5ccc(C6CCCCC6)cc5)ccc3cc24)ccc1C1CCCCC1. The monoisotopic (exact) mass is 931 g/mol. The number of hydrogen-bond donors (Lipinski definition) is 0. The second kappa shape index (κ2) is 19.7. The fraction of sp³-hybridized carbons (Fsp3) is 0.353. The minimum absolute atomic E-state index is 0.685. The average Bonchev–Trinajstić information content (AvgIpc) is 3.79. The highest BCUT2D eigenvalue weighted by Gasteiger charge is 2.23. The predicted molar refractivity (Wildman–Crippen MR) is 301 cm³/mol. The molecule has 9 aromatic rings. The van der Waals surface area contributed by atoms with Crippen LogP contribution in [0.4, 0.5) is 34.1 Å². The van der Waals surface area contributed by atoms with Crippen LogP contribution in [0.1, 0.15) is 174 Å². The molecule has 71 heavy (non-hydrogen) atoms. The Morgan fingerprint density at radius 2 is 0.521 bits per heavy atom. The summed E-state index contributed by atoms with van der Waals surface area (Å²) in [4.78, 5) is 4.92. The van der Waals surface area contributed by atoms with Crippen LogP contribution in [-0.2, 0) is 0 Å². The molecule has 0 atom stereocenters. The highest BCUT2D eigenvalue weighted by Crippen LogP contribution is 2.44. The van der Waals surface area contributed by atoms with E-state index in [9.17, 15) is 0 Å². The van der Waals surface area contributed by atoms with Gasteiger partial charge in [0.1, 0.15) is 11.2 Å². The molecule has 0 radical (unpaired) electrons. The third-order valence-corrected chi connectivity index (χ3v) is 17.8. The van der Waals surface area contributed by atoms with Gasteiger partial charge in [0.05, 0.1) is 0 Å². The third kappa shape index (κ3) is 9.04. The van der Waals surface area contributed by atoms with Gasteiger partial charge in [-0.25, -0.2) is 0 Å². The van der Waals surface area contributed by atoms with Crippen molar-refractivity contribution in [3.63, 3.8) is 0 Å². The summed E-state index contributed by atoms with van der Waals surface area (Å²) >= 11 is 0. The Hall–Kier alpha value is -6.32. The molecule has 8 aromatic carbocycles. The molecule has 0 saturated heterocycles. The van der Waals surface area contributed by atoms with E-state index in [1.54, 1.807) is 0 Å². The fourth-order valence-electron chi connectivity index (χ4n) is 13.7. The Bertz CT molecular complexity index is 2920. The van der Waals surface area contributed by atoms with Crippen molar-refractivity contribution in [2.45, 2.75) is 152 Å². The van der Waals surface area contributed by atoms with Crippen molar-refractivity contribution >= 4 is 77.6 Å². The molecule has 0 spiro atoms. The van der Waals surface area contributed by atoms with Gasteiger partial charge < -0.3 is 14.2 Å². The lowest BCUT2D eigenvalue weighted by Gasteiger charge is -2.28. The van der Waals surface area contributed by atoms with Crippen LogP contribution in [0.25, 0.3) is 43.5 Å². The Labute approximate surface area is 421 Å². The number of rotatable bonds is 10. The topological polar surface area (TPSA) is 19.6 Å². The van der Waals surface area contributed by atoms with Crippen LogP contribution in [-0.4, -0.2) is 0 Å². The van der Waals surface area contributed by atoms with Gasteiger partial charge in [-0.05, 0) is 216 Å². The molecule has 1 aromatic heterocycles. The first-order valence-electron chi connectivity index (χ1n) is 28.0. The molecule has 4 aliphatic rings. The fourth-order valence-corrected chi connectivity index (χ4v) is 13.7. The Balaban J connectivity index is 0.850. The number of nitrogens with zero attached hydrogens (tertiary/aromatic N) is 2. The Morgan fingerprint density at radius 1 is 0.254 bits per heavy atom. The first-order valence-corrected chi connectivity index (χ1v) is 28.0.